The minimum atomic E-state index is -3.57. The number of halogens is 1. The van der Waals surface area contributed by atoms with Gasteiger partial charge in [-0.1, -0.05) is 20.3 Å². The van der Waals surface area contributed by atoms with Crippen LogP contribution in [0.15, 0.2) is 53.4 Å². The highest BCUT2D eigenvalue weighted by molar-refractivity contribution is 7.89. The van der Waals surface area contributed by atoms with Crippen LogP contribution in [0.4, 0.5) is 10.1 Å². The van der Waals surface area contributed by atoms with Gasteiger partial charge in [0, 0.05) is 24.3 Å². The number of amides is 1. The monoisotopic (exact) mass is 378 g/mol. The van der Waals surface area contributed by atoms with Gasteiger partial charge in [0.25, 0.3) is 5.91 Å². The summed E-state index contributed by atoms with van der Waals surface area (Å²) in [6.07, 6.45) is 1.71. The second-order valence-corrected chi connectivity index (χ2v) is 7.77. The summed E-state index contributed by atoms with van der Waals surface area (Å²) in [6, 6.07) is 11.2. The van der Waals surface area contributed by atoms with Crippen molar-refractivity contribution in [2.75, 3.05) is 18.4 Å². The molecule has 2 rings (SSSR count). The Balaban J connectivity index is 2.13. The van der Waals surface area contributed by atoms with Crippen LogP contribution in [0.2, 0.25) is 0 Å². The molecule has 0 unspecified atom stereocenters. The molecular formula is C19H23FN2O3S. The smallest absolute Gasteiger partial charge is 0.255 e. The fraction of sp³-hybridized carbons (Fsp3) is 0.316. The fourth-order valence-corrected chi connectivity index (χ4v) is 3.93. The second kappa shape index (κ2) is 8.91. The van der Waals surface area contributed by atoms with Crippen molar-refractivity contribution in [3.05, 3.63) is 59.9 Å². The number of carbonyl (C=O) groups excluding carboxylic acids is 1. The molecule has 1 amide bonds. The van der Waals surface area contributed by atoms with Crippen molar-refractivity contribution in [1.82, 2.24) is 4.31 Å². The molecule has 5 nitrogen and oxygen atoms in total. The van der Waals surface area contributed by atoms with E-state index < -0.39 is 10.0 Å². The minimum Gasteiger partial charge on any atom is -0.322 e. The third kappa shape index (κ3) is 4.89. The number of rotatable bonds is 8. The Labute approximate surface area is 153 Å². The Morgan fingerprint density at radius 3 is 2.19 bits per heavy atom. The van der Waals surface area contributed by atoms with E-state index in [4.69, 9.17) is 0 Å². The number of unbranched alkanes of at least 4 members (excludes halogenated alkanes) is 1. The van der Waals surface area contributed by atoms with Crippen LogP contribution < -0.4 is 5.32 Å². The maximum absolute atomic E-state index is 12.9. The molecule has 2 aromatic carbocycles. The van der Waals surface area contributed by atoms with Gasteiger partial charge >= 0.3 is 0 Å². The van der Waals surface area contributed by atoms with E-state index in [9.17, 15) is 17.6 Å². The highest BCUT2D eigenvalue weighted by Crippen LogP contribution is 2.18. The molecule has 0 aliphatic heterocycles. The maximum Gasteiger partial charge on any atom is 0.255 e. The third-order valence-corrected chi connectivity index (χ3v) is 5.96. The highest BCUT2D eigenvalue weighted by atomic mass is 32.2. The van der Waals surface area contributed by atoms with Crippen molar-refractivity contribution in [2.45, 2.75) is 31.6 Å². The quantitative estimate of drug-likeness (QED) is 0.758. The number of hydrogen-bond donors (Lipinski definition) is 1. The number of carbonyl (C=O) groups is 1. The lowest BCUT2D eigenvalue weighted by Gasteiger charge is -2.20. The lowest BCUT2D eigenvalue weighted by molar-refractivity contribution is 0.102. The Morgan fingerprint density at radius 2 is 1.65 bits per heavy atom. The summed E-state index contributed by atoms with van der Waals surface area (Å²) in [6.45, 7) is 4.68. The van der Waals surface area contributed by atoms with E-state index in [1.807, 2.05) is 6.92 Å². The van der Waals surface area contributed by atoms with Gasteiger partial charge in [0.05, 0.1) is 4.90 Å². The zero-order valence-corrected chi connectivity index (χ0v) is 15.7. The lowest BCUT2D eigenvalue weighted by Crippen LogP contribution is -2.31. The summed E-state index contributed by atoms with van der Waals surface area (Å²) in [5, 5.41) is 2.64. The third-order valence-electron chi connectivity index (χ3n) is 3.97. The number of anilines is 1. The summed E-state index contributed by atoms with van der Waals surface area (Å²) in [7, 11) is -3.57. The van der Waals surface area contributed by atoms with Gasteiger partial charge in [-0.25, -0.2) is 12.8 Å². The number of benzene rings is 2. The standard InChI is InChI=1S/C19H23FN2O3S/c1-3-5-14-22(4-2)26(24,25)18-12-6-15(7-13-18)19(23)21-17-10-8-16(20)9-11-17/h6-13H,3-5,14H2,1-2H3,(H,21,23). The molecule has 26 heavy (non-hydrogen) atoms. The Kier molecular flexibility index (Phi) is 6.88. The predicted octanol–water partition coefficient (Wildman–Crippen LogP) is 3.89. The molecule has 0 saturated heterocycles. The van der Waals surface area contributed by atoms with Crippen molar-refractivity contribution < 1.29 is 17.6 Å². The zero-order chi connectivity index (χ0) is 19.2. The molecule has 0 aliphatic rings. The van der Waals surface area contributed by atoms with Crippen molar-refractivity contribution >= 4 is 21.6 Å². The van der Waals surface area contributed by atoms with Crippen LogP contribution in [0.3, 0.4) is 0 Å². The van der Waals surface area contributed by atoms with E-state index >= 15 is 0 Å². The van der Waals surface area contributed by atoms with Gasteiger partial charge in [-0.15, -0.1) is 0 Å². The number of nitrogens with one attached hydrogen (secondary N) is 1. The summed E-state index contributed by atoms with van der Waals surface area (Å²) in [4.78, 5) is 12.4. The zero-order valence-electron chi connectivity index (χ0n) is 14.9. The largest absolute Gasteiger partial charge is 0.322 e. The normalized spacial score (nSPS) is 11.5. The summed E-state index contributed by atoms with van der Waals surface area (Å²) in [5.74, 6) is -0.778. The van der Waals surface area contributed by atoms with Crippen LogP contribution in [-0.4, -0.2) is 31.7 Å². The summed E-state index contributed by atoms with van der Waals surface area (Å²) >= 11 is 0. The molecule has 0 heterocycles. The molecule has 140 valence electrons. The molecule has 1 N–H and O–H groups in total. The van der Waals surface area contributed by atoms with Crippen molar-refractivity contribution in [2.24, 2.45) is 0 Å². The Bertz CT molecular complexity index is 834. The number of sulfonamides is 1. The molecule has 0 fully saturated rings. The first-order chi connectivity index (χ1) is 12.4. The molecule has 7 heteroatoms. The molecule has 0 radical (unpaired) electrons. The molecule has 0 aromatic heterocycles. The van der Waals surface area contributed by atoms with Crippen LogP contribution in [-0.2, 0) is 10.0 Å². The van der Waals surface area contributed by atoms with Crippen LogP contribution >= 0.6 is 0 Å². The van der Waals surface area contributed by atoms with Gasteiger partial charge in [-0.05, 0) is 55.0 Å². The highest BCUT2D eigenvalue weighted by Gasteiger charge is 2.22. The summed E-state index contributed by atoms with van der Waals surface area (Å²) < 4.78 is 39.7. The molecular weight excluding hydrogens is 355 g/mol. The van der Waals surface area contributed by atoms with Gasteiger partial charge in [0.2, 0.25) is 10.0 Å². The van der Waals surface area contributed by atoms with E-state index in [1.165, 1.54) is 52.8 Å². The molecule has 0 aliphatic carbocycles. The Hall–Kier alpha value is -2.25. The van der Waals surface area contributed by atoms with Gasteiger partial charge < -0.3 is 5.32 Å². The van der Waals surface area contributed by atoms with Crippen LogP contribution in [0.5, 0.6) is 0 Å². The SMILES string of the molecule is CCCCN(CC)S(=O)(=O)c1ccc(C(=O)Nc2ccc(F)cc2)cc1. The van der Waals surface area contributed by atoms with Crippen LogP contribution in [0.1, 0.15) is 37.0 Å². The van der Waals surface area contributed by atoms with Gasteiger partial charge in [0.15, 0.2) is 0 Å². The minimum absolute atomic E-state index is 0.161. The predicted molar refractivity (Wildman–Crippen MR) is 100 cm³/mol. The number of nitrogens with zero attached hydrogens (tertiary/aromatic N) is 1. The lowest BCUT2D eigenvalue weighted by atomic mass is 10.2. The molecule has 2 aromatic rings. The van der Waals surface area contributed by atoms with Gasteiger partial charge in [0.1, 0.15) is 5.82 Å². The first-order valence-electron chi connectivity index (χ1n) is 8.55. The fourth-order valence-electron chi connectivity index (χ4n) is 2.45. The molecule has 0 spiro atoms. The van der Waals surface area contributed by atoms with E-state index in [1.54, 1.807) is 6.92 Å². The Morgan fingerprint density at radius 1 is 1.04 bits per heavy atom. The first kappa shape index (κ1) is 20.1. The van der Waals surface area contributed by atoms with Crippen molar-refractivity contribution in [1.29, 1.82) is 0 Å². The van der Waals surface area contributed by atoms with Crippen molar-refractivity contribution in [3.8, 4) is 0 Å². The van der Waals surface area contributed by atoms with E-state index in [2.05, 4.69) is 5.32 Å². The van der Waals surface area contributed by atoms with E-state index in [0.29, 0.717) is 24.3 Å². The molecule has 0 bridgehead atoms. The van der Waals surface area contributed by atoms with Crippen molar-refractivity contribution in [3.63, 3.8) is 0 Å². The van der Waals surface area contributed by atoms with Crippen LogP contribution in [0, 0.1) is 5.82 Å². The maximum atomic E-state index is 12.9. The topological polar surface area (TPSA) is 66.5 Å². The number of hydrogen-bond acceptors (Lipinski definition) is 3. The second-order valence-electron chi connectivity index (χ2n) is 5.84. The molecule has 0 saturated carbocycles. The van der Waals surface area contributed by atoms with Crippen LogP contribution in [0.25, 0.3) is 0 Å². The average molecular weight is 378 g/mol. The van der Waals surface area contributed by atoms with Gasteiger partial charge in [-0.3, -0.25) is 4.79 Å². The van der Waals surface area contributed by atoms with E-state index in [0.717, 1.165) is 12.8 Å². The molecule has 0 atom stereocenters. The first-order valence-corrected chi connectivity index (χ1v) is 9.99. The van der Waals surface area contributed by atoms with Gasteiger partial charge in [-0.2, -0.15) is 4.31 Å². The van der Waals surface area contributed by atoms with E-state index in [-0.39, 0.29) is 16.6 Å². The summed E-state index contributed by atoms with van der Waals surface area (Å²) in [5.41, 5.74) is 0.787. The average Bonchev–Trinajstić information content (AvgIpc) is 2.64.